The molecule has 34 heavy (non-hydrogen) atoms. The number of amides is 1. The van der Waals surface area contributed by atoms with Gasteiger partial charge in [-0.05, 0) is 56.0 Å². The third kappa shape index (κ3) is 5.15. The number of H-pyrrole nitrogens is 1. The summed E-state index contributed by atoms with van der Waals surface area (Å²) in [5, 5.41) is 7.31. The van der Waals surface area contributed by atoms with Crippen LogP contribution in [-0.2, 0) is 4.74 Å². The predicted molar refractivity (Wildman–Crippen MR) is 128 cm³/mol. The third-order valence-corrected chi connectivity index (χ3v) is 6.93. The highest BCUT2D eigenvalue weighted by Gasteiger charge is 2.42. The van der Waals surface area contributed by atoms with E-state index in [-0.39, 0.29) is 17.0 Å². The summed E-state index contributed by atoms with van der Waals surface area (Å²) in [6.45, 7) is 1.48. The van der Waals surface area contributed by atoms with Crippen LogP contribution in [0.2, 0.25) is 10.0 Å². The monoisotopic (exact) mass is 506 g/mol. The number of nitrogens with one attached hydrogen (secondary N) is 3. The van der Waals surface area contributed by atoms with Crippen LogP contribution < -0.4 is 15.4 Å². The molecule has 7 nitrogen and oxygen atoms in total. The van der Waals surface area contributed by atoms with Crippen LogP contribution in [0.4, 0.5) is 4.39 Å². The Morgan fingerprint density at radius 1 is 1.15 bits per heavy atom. The Bertz CT molecular complexity index is 1190. The van der Waals surface area contributed by atoms with Gasteiger partial charge < -0.3 is 25.1 Å². The van der Waals surface area contributed by atoms with Crippen LogP contribution in [0.15, 0.2) is 36.4 Å². The maximum atomic E-state index is 13.8. The minimum Gasteiger partial charge on any atom is -0.481 e. The van der Waals surface area contributed by atoms with Gasteiger partial charge in [0.2, 0.25) is 0 Å². The van der Waals surface area contributed by atoms with Gasteiger partial charge in [0.25, 0.3) is 5.91 Å². The van der Waals surface area contributed by atoms with E-state index in [1.165, 1.54) is 12.1 Å². The lowest BCUT2D eigenvalue weighted by molar-refractivity contribution is -0.159. The second-order valence-electron chi connectivity index (χ2n) is 9.00. The summed E-state index contributed by atoms with van der Waals surface area (Å²) < 4.78 is 25.2. The average molecular weight is 507 g/mol. The molecule has 2 aliphatic rings. The average Bonchev–Trinajstić information content (AvgIpc) is 3.22. The van der Waals surface area contributed by atoms with Gasteiger partial charge in [-0.3, -0.25) is 4.79 Å². The summed E-state index contributed by atoms with van der Waals surface area (Å²) in [6.07, 6.45) is 3.57. The Hall–Kier alpha value is -2.39. The molecule has 1 aliphatic heterocycles. The molecule has 5 rings (SSSR count). The fourth-order valence-electron chi connectivity index (χ4n) is 4.43. The fourth-order valence-corrected chi connectivity index (χ4v) is 4.72. The first-order valence-corrected chi connectivity index (χ1v) is 12.1. The summed E-state index contributed by atoms with van der Waals surface area (Å²) in [7, 11) is 0. The Kier molecular flexibility index (Phi) is 6.66. The second kappa shape index (κ2) is 9.70. The summed E-state index contributed by atoms with van der Waals surface area (Å²) >= 11 is 11.8. The maximum absolute atomic E-state index is 13.8. The van der Waals surface area contributed by atoms with Gasteiger partial charge in [0.15, 0.2) is 11.4 Å². The van der Waals surface area contributed by atoms with Gasteiger partial charge in [-0.25, -0.2) is 9.37 Å². The zero-order valence-corrected chi connectivity index (χ0v) is 19.9. The van der Waals surface area contributed by atoms with Gasteiger partial charge in [0.05, 0.1) is 29.3 Å². The number of halogens is 3. The van der Waals surface area contributed by atoms with Crippen LogP contribution in [0.5, 0.6) is 5.75 Å². The van der Waals surface area contributed by atoms with Crippen LogP contribution in [0, 0.1) is 5.82 Å². The van der Waals surface area contributed by atoms with Gasteiger partial charge in [0.1, 0.15) is 11.6 Å². The second-order valence-corrected chi connectivity index (χ2v) is 9.85. The molecule has 0 atom stereocenters. The molecule has 10 heteroatoms. The molecule has 0 radical (unpaired) electrons. The van der Waals surface area contributed by atoms with Crippen LogP contribution in [-0.4, -0.2) is 53.3 Å². The van der Waals surface area contributed by atoms with Crippen molar-refractivity contribution in [2.45, 2.75) is 43.4 Å². The Morgan fingerprint density at radius 3 is 2.62 bits per heavy atom. The zero-order chi connectivity index (χ0) is 23.7. The molecular weight excluding hydrogens is 482 g/mol. The number of ether oxygens (including phenoxy) is 2. The zero-order valence-electron chi connectivity index (χ0n) is 18.4. The van der Waals surface area contributed by atoms with Crippen molar-refractivity contribution >= 4 is 40.1 Å². The van der Waals surface area contributed by atoms with Crippen LogP contribution in [0.1, 0.15) is 36.3 Å². The smallest absolute Gasteiger partial charge is 0.287 e. The van der Waals surface area contributed by atoms with E-state index in [1.54, 1.807) is 24.3 Å². The third-order valence-electron chi connectivity index (χ3n) is 6.39. The van der Waals surface area contributed by atoms with Crippen molar-refractivity contribution in [2.24, 2.45) is 0 Å². The molecule has 3 aromatic rings. The molecule has 0 spiro atoms. The van der Waals surface area contributed by atoms with Crippen LogP contribution in [0.25, 0.3) is 11.0 Å². The highest BCUT2D eigenvalue weighted by molar-refractivity contribution is 6.31. The van der Waals surface area contributed by atoms with Crippen molar-refractivity contribution in [3.63, 3.8) is 0 Å². The number of hydrogen-bond donors (Lipinski definition) is 3. The number of fused-ring (bicyclic) bond motifs is 1. The van der Waals surface area contributed by atoms with E-state index in [1.807, 2.05) is 0 Å². The molecule has 1 amide bonds. The van der Waals surface area contributed by atoms with Crippen molar-refractivity contribution in [1.29, 1.82) is 0 Å². The van der Waals surface area contributed by atoms with Crippen LogP contribution in [0.3, 0.4) is 0 Å². The van der Waals surface area contributed by atoms with Crippen molar-refractivity contribution < 1.29 is 18.7 Å². The number of imidazole rings is 1. The van der Waals surface area contributed by atoms with E-state index in [2.05, 4.69) is 20.6 Å². The predicted octanol–water partition coefficient (Wildman–Crippen LogP) is 4.49. The topological polar surface area (TPSA) is 88.3 Å². The molecule has 1 aromatic heterocycles. The number of aromatic amines is 1. The lowest BCUT2D eigenvalue weighted by atomic mass is 9.90. The normalized spacial score (nSPS) is 21.7. The number of nitrogens with zero attached hydrogens (tertiary/aromatic N) is 1. The van der Waals surface area contributed by atoms with E-state index >= 15 is 0 Å². The Balaban J connectivity index is 1.10. The maximum Gasteiger partial charge on any atom is 0.287 e. The quantitative estimate of drug-likeness (QED) is 0.439. The van der Waals surface area contributed by atoms with Gasteiger partial charge in [-0.2, -0.15) is 0 Å². The number of aromatic nitrogens is 2. The highest BCUT2D eigenvalue weighted by atomic mass is 35.5. The molecule has 0 unspecified atom stereocenters. The summed E-state index contributed by atoms with van der Waals surface area (Å²) in [4.78, 5) is 20.0. The minimum absolute atomic E-state index is 0.0676. The van der Waals surface area contributed by atoms with E-state index in [0.29, 0.717) is 47.9 Å². The molecular formula is C24H25Cl2FN4O3. The molecule has 0 bridgehead atoms. The summed E-state index contributed by atoms with van der Waals surface area (Å²) in [6, 6.07) is 10.1. The molecule has 2 fully saturated rings. The van der Waals surface area contributed by atoms with Gasteiger partial charge in [-0.1, -0.05) is 23.2 Å². The minimum atomic E-state index is -0.518. The lowest BCUT2D eigenvalue weighted by Crippen LogP contribution is -2.61. The summed E-state index contributed by atoms with van der Waals surface area (Å²) in [5.41, 5.74) is 0.929. The molecule has 1 saturated heterocycles. The van der Waals surface area contributed by atoms with Crippen molar-refractivity contribution in [2.75, 3.05) is 19.8 Å². The summed E-state index contributed by atoms with van der Waals surface area (Å²) in [5.74, 6) is 0.0127. The number of carbonyl (C=O) groups is 1. The van der Waals surface area contributed by atoms with Crippen molar-refractivity contribution in [3.8, 4) is 5.75 Å². The largest absolute Gasteiger partial charge is 0.481 e. The fraction of sp³-hybridized carbons (Fsp3) is 0.417. The first-order chi connectivity index (χ1) is 16.4. The molecule has 1 aliphatic carbocycles. The van der Waals surface area contributed by atoms with E-state index < -0.39 is 11.4 Å². The molecule has 2 aromatic carbocycles. The molecule has 3 N–H and O–H groups in total. The van der Waals surface area contributed by atoms with E-state index in [4.69, 9.17) is 32.7 Å². The number of carbonyl (C=O) groups excluding carboxylic acids is 1. The van der Waals surface area contributed by atoms with Gasteiger partial charge in [0, 0.05) is 29.7 Å². The van der Waals surface area contributed by atoms with Crippen molar-refractivity contribution in [3.05, 3.63) is 58.1 Å². The Morgan fingerprint density at radius 2 is 1.91 bits per heavy atom. The molecule has 2 heterocycles. The van der Waals surface area contributed by atoms with Gasteiger partial charge in [-0.15, -0.1) is 0 Å². The number of benzene rings is 2. The first kappa shape index (κ1) is 23.4. The highest BCUT2D eigenvalue weighted by Crippen LogP contribution is 2.29. The number of hydrogen-bond acceptors (Lipinski definition) is 5. The van der Waals surface area contributed by atoms with Crippen LogP contribution >= 0.6 is 23.2 Å². The van der Waals surface area contributed by atoms with Crippen molar-refractivity contribution in [1.82, 2.24) is 20.6 Å². The Labute approximate surface area is 206 Å². The lowest BCUT2D eigenvalue weighted by Gasteiger charge is -2.43. The molecule has 180 valence electrons. The first-order valence-electron chi connectivity index (χ1n) is 11.3. The SMILES string of the molecule is O=C(NC1CCC(NCC2(Oc3ccc(Cl)c(F)c3)COC2)CC1)c1nc2ccc(Cl)cc2[nH]1. The van der Waals surface area contributed by atoms with E-state index in [0.717, 1.165) is 31.2 Å². The standard InChI is InChI=1S/C24H25Cl2FN4O3/c25-14-1-8-20-21(9-14)31-22(30-20)23(32)29-16-4-2-15(3-5-16)28-11-24(12-33-13-24)34-17-6-7-18(26)19(27)10-17/h1,6-10,15-16,28H,2-5,11-13H2,(H,29,32)(H,30,31). The number of rotatable bonds is 7. The van der Waals surface area contributed by atoms with E-state index in [9.17, 15) is 9.18 Å². The van der Waals surface area contributed by atoms with Gasteiger partial charge >= 0.3 is 0 Å². The molecule has 1 saturated carbocycles.